The summed E-state index contributed by atoms with van der Waals surface area (Å²) < 4.78 is 10.7. The van der Waals surface area contributed by atoms with Gasteiger partial charge in [0.15, 0.2) is 0 Å². The van der Waals surface area contributed by atoms with Gasteiger partial charge in [0.25, 0.3) is 0 Å². The number of hydrogen-bond acceptors (Lipinski definition) is 3. The van der Waals surface area contributed by atoms with Crippen molar-refractivity contribution < 1.29 is 9.47 Å². The zero-order valence-corrected chi connectivity index (χ0v) is 7.99. The standard InChI is InChI=1S/C11H11NO2/c1-11(8-14-11)7-13-10-5-3-2-4-9(10)6-12/h2-5H,7-8H2,1H3/t11-/m0/s1. The summed E-state index contributed by atoms with van der Waals surface area (Å²) in [6.07, 6.45) is 0. The van der Waals surface area contributed by atoms with Crippen LogP contribution in [-0.4, -0.2) is 18.8 Å². The molecule has 0 aliphatic carbocycles. The summed E-state index contributed by atoms with van der Waals surface area (Å²) in [5, 5.41) is 8.80. The van der Waals surface area contributed by atoms with Crippen LogP contribution in [0, 0.1) is 11.3 Å². The number of benzene rings is 1. The molecule has 0 bridgehead atoms. The summed E-state index contributed by atoms with van der Waals surface area (Å²) in [7, 11) is 0. The molecule has 14 heavy (non-hydrogen) atoms. The van der Waals surface area contributed by atoms with Crippen LogP contribution in [0.1, 0.15) is 12.5 Å². The molecule has 1 fully saturated rings. The molecule has 1 atom stereocenters. The summed E-state index contributed by atoms with van der Waals surface area (Å²) in [6, 6.07) is 9.30. The van der Waals surface area contributed by atoms with E-state index in [1.807, 2.05) is 19.1 Å². The fraction of sp³-hybridized carbons (Fsp3) is 0.364. The lowest BCUT2D eigenvalue weighted by Gasteiger charge is -2.09. The number of hydrogen-bond donors (Lipinski definition) is 0. The number of epoxide rings is 1. The van der Waals surface area contributed by atoms with E-state index in [4.69, 9.17) is 14.7 Å². The van der Waals surface area contributed by atoms with E-state index in [1.165, 1.54) is 0 Å². The Morgan fingerprint density at radius 2 is 2.29 bits per heavy atom. The highest BCUT2D eigenvalue weighted by Crippen LogP contribution is 2.27. The maximum absolute atomic E-state index is 8.80. The summed E-state index contributed by atoms with van der Waals surface area (Å²) in [5.74, 6) is 0.631. The van der Waals surface area contributed by atoms with E-state index < -0.39 is 0 Å². The quantitative estimate of drug-likeness (QED) is 0.680. The average Bonchev–Trinajstić information content (AvgIpc) is 2.95. The Kier molecular flexibility index (Phi) is 2.14. The van der Waals surface area contributed by atoms with Gasteiger partial charge in [-0.05, 0) is 19.1 Å². The zero-order valence-electron chi connectivity index (χ0n) is 7.99. The Labute approximate surface area is 82.9 Å². The van der Waals surface area contributed by atoms with Crippen LogP contribution in [0.5, 0.6) is 5.75 Å². The van der Waals surface area contributed by atoms with Gasteiger partial charge in [0.2, 0.25) is 0 Å². The minimum absolute atomic E-state index is 0.136. The van der Waals surface area contributed by atoms with E-state index >= 15 is 0 Å². The van der Waals surface area contributed by atoms with Crippen molar-refractivity contribution in [2.45, 2.75) is 12.5 Å². The largest absolute Gasteiger partial charge is 0.489 e. The molecule has 3 heteroatoms. The highest BCUT2D eigenvalue weighted by Gasteiger charge is 2.40. The van der Waals surface area contributed by atoms with Gasteiger partial charge in [0, 0.05) is 0 Å². The molecule has 1 aliphatic heterocycles. The van der Waals surface area contributed by atoms with Crippen LogP contribution in [0.15, 0.2) is 24.3 Å². The molecule has 0 saturated carbocycles. The smallest absolute Gasteiger partial charge is 0.137 e. The van der Waals surface area contributed by atoms with Gasteiger partial charge < -0.3 is 9.47 Å². The lowest BCUT2D eigenvalue weighted by molar-refractivity contribution is 0.202. The molecule has 0 unspecified atom stereocenters. The fourth-order valence-corrected chi connectivity index (χ4v) is 1.12. The molecule has 3 nitrogen and oxygen atoms in total. The molecular weight excluding hydrogens is 178 g/mol. The first-order chi connectivity index (χ1) is 6.73. The molecule has 0 spiro atoms. The number of nitrogens with zero attached hydrogens (tertiary/aromatic N) is 1. The Morgan fingerprint density at radius 1 is 1.57 bits per heavy atom. The number of rotatable bonds is 3. The van der Waals surface area contributed by atoms with Crippen LogP contribution in [0.2, 0.25) is 0 Å². The third kappa shape index (κ3) is 1.86. The summed E-state index contributed by atoms with van der Waals surface area (Å²) in [5.41, 5.74) is 0.430. The molecule has 1 heterocycles. The number of para-hydroxylation sites is 1. The molecule has 1 saturated heterocycles. The van der Waals surface area contributed by atoms with E-state index in [0.717, 1.165) is 6.61 Å². The summed E-state index contributed by atoms with van der Waals surface area (Å²) >= 11 is 0. The van der Waals surface area contributed by atoms with Crippen molar-refractivity contribution >= 4 is 0 Å². The Morgan fingerprint density at radius 3 is 2.93 bits per heavy atom. The number of ether oxygens (including phenoxy) is 2. The molecule has 2 rings (SSSR count). The first-order valence-corrected chi connectivity index (χ1v) is 4.49. The van der Waals surface area contributed by atoms with Gasteiger partial charge in [-0.25, -0.2) is 0 Å². The van der Waals surface area contributed by atoms with Gasteiger partial charge in [0.1, 0.15) is 24.0 Å². The monoisotopic (exact) mass is 189 g/mol. The van der Waals surface area contributed by atoms with E-state index in [1.54, 1.807) is 12.1 Å². The lowest BCUT2D eigenvalue weighted by Crippen LogP contribution is -2.17. The molecule has 0 radical (unpaired) electrons. The first kappa shape index (κ1) is 9.04. The van der Waals surface area contributed by atoms with E-state index in [0.29, 0.717) is 17.9 Å². The minimum atomic E-state index is -0.136. The van der Waals surface area contributed by atoms with E-state index in [2.05, 4.69) is 6.07 Å². The van der Waals surface area contributed by atoms with Crippen molar-refractivity contribution in [1.82, 2.24) is 0 Å². The van der Waals surface area contributed by atoms with Crippen molar-refractivity contribution in [2.75, 3.05) is 13.2 Å². The molecule has 0 amide bonds. The topological polar surface area (TPSA) is 45.5 Å². The predicted molar refractivity (Wildman–Crippen MR) is 51.0 cm³/mol. The van der Waals surface area contributed by atoms with Crippen LogP contribution in [0.4, 0.5) is 0 Å². The van der Waals surface area contributed by atoms with Crippen LogP contribution in [-0.2, 0) is 4.74 Å². The molecule has 72 valence electrons. The average molecular weight is 189 g/mol. The van der Waals surface area contributed by atoms with E-state index in [-0.39, 0.29) is 5.60 Å². The molecule has 0 aromatic heterocycles. The van der Waals surface area contributed by atoms with E-state index in [9.17, 15) is 0 Å². The molecule has 1 aromatic carbocycles. The van der Waals surface area contributed by atoms with Gasteiger partial charge in [-0.1, -0.05) is 12.1 Å². The van der Waals surface area contributed by atoms with Crippen molar-refractivity contribution in [2.24, 2.45) is 0 Å². The van der Waals surface area contributed by atoms with Crippen LogP contribution < -0.4 is 4.74 Å². The van der Waals surface area contributed by atoms with Gasteiger partial charge in [-0.2, -0.15) is 5.26 Å². The summed E-state index contributed by atoms with van der Waals surface area (Å²) in [6.45, 7) is 3.23. The van der Waals surface area contributed by atoms with Gasteiger partial charge in [-0.3, -0.25) is 0 Å². The number of nitriles is 1. The fourth-order valence-electron chi connectivity index (χ4n) is 1.12. The normalized spacial score (nSPS) is 24.0. The molecule has 1 aliphatic rings. The van der Waals surface area contributed by atoms with Gasteiger partial charge in [0.05, 0.1) is 12.2 Å². The zero-order chi connectivity index (χ0) is 10.0. The third-order valence-corrected chi connectivity index (χ3v) is 2.18. The molecule has 0 N–H and O–H groups in total. The van der Waals surface area contributed by atoms with Crippen molar-refractivity contribution in [3.8, 4) is 11.8 Å². The van der Waals surface area contributed by atoms with Crippen molar-refractivity contribution in [3.05, 3.63) is 29.8 Å². The second-order valence-corrected chi connectivity index (χ2v) is 3.64. The molecular formula is C11H11NO2. The van der Waals surface area contributed by atoms with Crippen LogP contribution >= 0.6 is 0 Å². The Hall–Kier alpha value is -1.53. The maximum atomic E-state index is 8.80. The first-order valence-electron chi connectivity index (χ1n) is 4.49. The second-order valence-electron chi connectivity index (χ2n) is 3.64. The van der Waals surface area contributed by atoms with Crippen LogP contribution in [0.25, 0.3) is 0 Å². The Balaban J connectivity index is 2.05. The second kappa shape index (κ2) is 3.32. The van der Waals surface area contributed by atoms with Crippen molar-refractivity contribution in [3.63, 3.8) is 0 Å². The molecule has 1 aromatic rings. The minimum Gasteiger partial charge on any atom is -0.489 e. The Bertz CT molecular complexity index is 377. The lowest BCUT2D eigenvalue weighted by atomic mass is 10.2. The van der Waals surface area contributed by atoms with Gasteiger partial charge >= 0.3 is 0 Å². The SMILES string of the molecule is C[C@]1(COc2ccccc2C#N)CO1. The predicted octanol–water partition coefficient (Wildman–Crippen LogP) is 1.73. The third-order valence-electron chi connectivity index (χ3n) is 2.18. The van der Waals surface area contributed by atoms with Crippen LogP contribution in [0.3, 0.4) is 0 Å². The summed E-state index contributed by atoms with van der Waals surface area (Å²) in [4.78, 5) is 0. The van der Waals surface area contributed by atoms with Crippen molar-refractivity contribution in [1.29, 1.82) is 5.26 Å². The highest BCUT2D eigenvalue weighted by atomic mass is 16.6. The maximum Gasteiger partial charge on any atom is 0.137 e. The highest BCUT2D eigenvalue weighted by molar-refractivity contribution is 5.42. The van der Waals surface area contributed by atoms with Gasteiger partial charge in [-0.15, -0.1) is 0 Å².